The lowest BCUT2D eigenvalue weighted by molar-refractivity contribution is -0.142. The Morgan fingerprint density at radius 2 is 1.70 bits per heavy atom. The number of benzene rings is 3. The summed E-state index contributed by atoms with van der Waals surface area (Å²) in [4.78, 5) is 44.7. The van der Waals surface area contributed by atoms with Crippen LogP contribution in [0.4, 0.5) is 0 Å². The molecule has 46 heavy (non-hydrogen) atoms. The lowest BCUT2D eigenvalue weighted by Gasteiger charge is -2.31. The largest absolute Gasteiger partial charge is 0.480 e. The van der Waals surface area contributed by atoms with Crippen molar-refractivity contribution < 1.29 is 19.5 Å². The van der Waals surface area contributed by atoms with E-state index in [1.165, 1.54) is 10.8 Å². The average molecular weight is 644 g/mol. The molecule has 0 spiro atoms. The molecule has 0 unspecified atom stereocenters. The molecular weight excluding hydrogens is 598 g/mol. The summed E-state index contributed by atoms with van der Waals surface area (Å²) in [6.07, 6.45) is 6.77. The highest BCUT2D eigenvalue weighted by Crippen LogP contribution is 2.18. The first-order chi connectivity index (χ1) is 22.2. The van der Waals surface area contributed by atoms with Gasteiger partial charge in [0.2, 0.25) is 11.8 Å². The molecule has 0 radical (unpaired) electrons. The summed E-state index contributed by atoms with van der Waals surface area (Å²) in [5.74, 6) is -0.731. The van der Waals surface area contributed by atoms with Gasteiger partial charge in [-0.1, -0.05) is 87.0 Å². The van der Waals surface area contributed by atoms with E-state index in [0.29, 0.717) is 31.8 Å². The van der Waals surface area contributed by atoms with Gasteiger partial charge < -0.3 is 20.3 Å². The second kappa shape index (κ2) is 17.5. The Balaban J connectivity index is 1.44. The molecule has 1 aromatic heterocycles. The average Bonchev–Trinajstić information content (AvgIpc) is 3.48. The van der Waals surface area contributed by atoms with Gasteiger partial charge in [-0.15, -0.1) is 0 Å². The van der Waals surface area contributed by atoms with Crippen LogP contribution in [0.2, 0.25) is 0 Å². The van der Waals surface area contributed by atoms with E-state index in [1.807, 2.05) is 58.2 Å². The predicted molar refractivity (Wildman–Crippen MR) is 185 cm³/mol. The normalized spacial score (nSPS) is 13.3. The van der Waals surface area contributed by atoms with Gasteiger partial charge in [-0.3, -0.25) is 14.5 Å². The van der Waals surface area contributed by atoms with Gasteiger partial charge in [0.1, 0.15) is 6.04 Å². The molecule has 4 rings (SSSR count). The molecule has 0 aliphatic rings. The summed E-state index contributed by atoms with van der Waals surface area (Å²) in [6, 6.07) is 23.3. The first kappa shape index (κ1) is 34.7. The monoisotopic (exact) mass is 643 g/mol. The number of aliphatic carboxylic acids is 1. The number of amides is 2. The van der Waals surface area contributed by atoms with Crippen LogP contribution in [0.5, 0.6) is 0 Å². The number of aromatic nitrogens is 2. The topological polar surface area (TPSA) is 117 Å². The Hall–Kier alpha value is -4.15. The predicted octanol–water partition coefficient (Wildman–Crippen LogP) is 4.98. The summed E-state index contributed by atoms with van der Waals surface area (Å²) in [5.41, 5.74) is 2.97. The summed E-state index contributed by atoms with van der Waals surface area (Å²) in [6.45, 7) is 5.72. The van der Waals surface area contributed by atoms with Crippen molar-refractivity contribution in [1.29, 1.82) is 0 Å². The molecule has 0 aliphatic heterocycles. The van der Waals surface area contributed by atoms with E-state index in [2.05, 4.69) is 59.8 Å². The van der Waals surface area contributed by atoms with Crippen molar-refractivity contribution in [3.8, 4) is 0 Å². The number of carbonyl (C=O) groups is 3. The Morgan fingerprint density at radius 1 is 0.957 bits per heavy atom. The van der Waals surface area contributed by atoms with Gasteiger partial charge in [0.15, 0.2) is 0 Å². The summed E-state index contributed by atoms with van der Waals surface area (Å²) in [7, 11) is 0. The molecule has 244 valence electrons. The van der Waals surface area contributed by atoms with E-state index < -0.39 is 12.0 Å². The Morgan fingerprint density at radius 3 is 2.41 bits per heavy atom. The fourth-order valence-corrected chi connectivity index (χ4v) is 5.96. The van der Waals surface area contributed by atoms with Crippen LogP contribution >= 0.6 is 11.8 Å². The number of nitrogens with one attached hydrogen (secondary N) is 2. The number of hydrogen-bond acceptors (Lipinski definition) is 6. The number of carbonyl (C=O) groups excluding carboxylic acids is 2. The Kier molecular flexibility index (Phi) is 13.2. The van der Waals surface area contributed by atoms with Crippen LogP contribution in [0, 0.1) is 5.92 Å². The number of carboxylic acid groups (broad SMARTS) is 1. The number of nitrogens with zero attached hydrogens (tertiary/aromatic N) is 3. The first-order valence-electron chi connectivity index (χ1n) is 15.8. The third-order valence-electron chi connectivity index (χ3n) is 8.30. The summed E-state index contributed by atoms with van der Waals surface area (Å²) >= 11 is 1.54. The van der Waals surface area contributed by atoms with Crippen LogP contribution in [-0.2, 0) is 33.9 Å². The molecule has 1 heterocycles. The van der Waals surface area contributed by atoms with E-state index in [4.69, 9.17) is 0 Å². The minimum Gasteiger partial charge on any atom is -0.480 e. The van der Waals surface area contributed by atoms with Crippen LogP contribution < -0.4 is 10.6 Å². The molecule has 3 N–H and O–H groups in total. The highest BCUT2D eigenvalue weighted by Gasteiger charge is 2.25. The SMILES string of the molecule is CC[C@H](C)[C@@H](CN(CC(=O)N[C@@H](CCSC)C(=O)O)Cc1ccccc1)NC(=O)Cc1cncn1Cc1ccc2ccccc2c1. The lowest BCUT2D eigenvalue weighted by Crippen LogP contribution is -2.51. The highest BCUT2D eigenvalue weighted by molar-refractivity contribution is 7.98. The van der Waals surface area contributed by atoms with E-state index in [0.717, 1.165) is 23.2 Å². The zero-order valence-corrected chi connectivity index (χ0v) is 27.7. The molecule has 2 amide bonds. The van der Waals surface area contributed by atoms with Gasteiger partial charge in [0, 0.05) is 37.6 Å². The van der Waals surface area contributed by atoms with Gasteiger partial charge in [0.05, 0.1) is 19.3 Å². The van der Waals surface area contributed by atoms with Crippen molar-refractivity contribution in [2.45, 2.75) is 58.3 Å². The van der Waals surface area contributed by atoms with E-state index in [9.17, 15) is 19.5 Å². The molecule has 0 bridgehead atoms. The van der Waals surface area contributed by atoms with Gasteiger partial charge in [-0.05, 0) is 52.3 Å². The molecule has 0 aliphatic carbocycles. The third-order valence-corrected chi connectivity index (χ3v) is 8.94. The molecule has 3 atom stereocenters. The zero-order chi connectivity index (χ0) is 32.9. The molecular formula is C36H45N5O4S. The molecule has 3 aromatic carbocycles. The first-order valence-corrected chi connectivity index (χ1v) is 17.2. The summed E-state index contributed by atoms with van der Waals surface area (Å²) < 4.78 is 2.00. The number of hydrogen-bond donors (Lipinski definition) is 3. The fourth-order valence-electron chi connectivity index (χ4n) is 5.49. The van der Waals surface area contributed by atoms with Crippen LogP contribution in [0.15, 0.2) is 85.3 Å². The Bertz CT molecular complexity index is 1580. The van der Waals surface area contributed by atoms with Crippen molar-refractivity contribution in [3.05, 3.63) is 102 Å². The number of imidazole rings is 1. The number of thioether (sulfide) groups is 1. The van der Waals surface area contributed by atoms with Gasteiger partial charge in [-0.2, -0.15) is 11.8 Å². The van der Waals surface area contributed by atoms with Crippen molar-refractivity contribution >= 4 is 40.3 Å². The fraction of sp³-hybridized carbons (Fsp3) is 0.389. The van der Waals surface area contributed by atoms with Gasteiger partial charge in [-0.25, -0.2) is 9.78 Å². The second-order valence-corrected chi connectivity index (χ2v) is 12.8. The third kappa shape index (κ3) is 10.5. The van der Waals surface area contributed by atoms with Crippen LogP contribution in [0.3, 0.4) is 0 Å². The maximum atomic E-state index is 13.5. The smallest absolute Gasteiger partial charge is 0.326 e. The van der Waals surface area contributed by atoms with Crippen LogP contribution in [0.25, 0.3) is 10.8 Å². The quantitative estimate of drug-likeness (QED) is 0.140. The van der Waals surface area contributed by atoms with Crippen molar-refractivity contribution in [2.75, 3.05) is 25.1 Å². The maximum Gasteiger partial charge on any atom is 0.326 e. The molecule has 10 heteroatoms. The maximum absolute atomic E-state index is 13.5. The van der Waals surface area contributed by atoms with Crippen LogP contribution in [-0.4, -0.2) is 74.5 Å². The van der Waals surface area contributed by atoms with Crippen molar-refractivity contribution in [1.82, 2.24) is 25.1 Å². The highest BCUT2D eigenvalue weighted by atomic mass is 32.2. The molecule has 0 saturated carbocycles. The molecule has 4 aromatic rings. The van der Waals surface area contributed by atoms with Crippen LogP contribution in [0.1, 0.15) is 43.5 Å². The molecule has 9 nitrogen and oxygen atoms in total. The van der Waals surface area contributed by atoms with E-state index in [-0.39, 0.29) is 36.7 Å². The lowest BCUT2D eigenvalue weighted by atomic mass is 9.98. The Labute approximate surface area is 275 Å². The molecule has 0 fully saturated rings. The minimum atomic E-state index is -1.04. The van der Waals surface area contributed by atoms with Crippen molar-refractivity contribution in [2.24, 2.45) is 5.92 Å². The number of fused-ring (bicyclic) bond motifs is 1. The second-order valence-electron chi connectivity index (χ2n) is 11.8. The van der Waals surface area contributed by atoms with E-state index in [1.54, 1.807) is 24.3 Å². The van der Waals surface area contributed by atoms with E-state index >= 15 is 0 Å². The van der Waals surface area contributed by atoms with Crippen molar-refractivity contribution in [3.63, 3.8) is 0 Å². The minimum absolute atomic E-state index is 0.0132. The summed E-state index contributed by atoms with van der Waals surface area (Å²) in [5, 5.41) is 17.9. The number of rotatable bonds is 18. The zero-order valence-electron chi connectivity index (χ0n) is 26.9. The standard InChI is InChI=1S/C36H45N5O4S/c1-4-26(2)33(23-40(21-27-10-6-5-7-11-27)24-35(43)38-32(36(44)45)16-17-46-3)39-34(42)19-31-20-37-25-41(31)22-28-14-15-29-12-8-9-13-30(29)18-28/h5-15,18,20,25-26,32-33H,4,16-17,19,21-24H2,1-3H3,(H,38,43)(H,39,42)(H,44,45)/t26-,32-,33+/m0/s1. The van der Waals surface area contributed by atoms with Gasteiger partial charge >= 0.3 is 5.97 Å². The molecule has 0 saturated heterocycles. The number of carboxylic acids is 1. The van der Waals surface area contributed by atoms with Gasteiger partial charge in [0.25, 0.3) is 0 Å².